The summed E-state index contributed by atoms with van der Waals surface area (Å²) < 4.78 is 0. The van der Waals surface area contributed by atoms with Crippen LogP contribution in [0.1, 0.15) is 20.8 Å². The van der Waals surface area contributed by atoms with Gasteiger partial charge >= 0.3 is 5.97 Å². The molecule has 0 unspecified atom stereocenters. The standard InChI is InChI=1S/C8H13NO3/c1-5(4-6(2)10)9-7(3)8(11)12/h4,7,9H,1-3H3,(H,11,12)/b5-4-/t7-/m1/s1. The Morgan fingerprint density at radius 3 is 2.25 bits per heavy atom. The van der Waals surface area contributed by atoms with Gasteiger partial charge in [0.1, 0.15) is 6.04 Å². The van der Waals surface area contributed by atoms with Crippen molar-refractivity contribution in [2.45, 2.75) is 26.8 Å². The lowest BCUT2D eigenvalue weighted by Gasteiger charge is -2.09. The second-order valence-electron chi connectivity index (χ2n) is 2.64. The quantitative estimate of drug-likeness (QED) is 0.606. The molecule has 0 bridgehead atoms. The lowest BCUT2D eigenvalue weighted by atomic mass is 10.3. The van der Waals surface area contributed by atoms with Crippen LogP contribution in [0.4, 0.5) is 0 Å². The molecular weight excluding hydrogens is 158 g/mol. The topological polar surface area (TPSA) is 66.4 Å². The van der Waals surface area contributed by atoms with Crippen LogP contribution in [0.5, 0.6) is 0 Å². The first kappa shape index (κ1) is 10.7. The molecule has 0 heterocycles. The van der Waals surface area contributed by atoms with Crippen molar-refractivity contribution in [3.8, 4) is 0 Å². The molecule has 4 nitrogen and oxygen atoms in total. The van der Waals surface area contributed by atoms with E-state index in [0.29, 0.717) is 5.70 Å². The number of carbonyl (C=O) groups is 2. The van der Waals surface area contributed by atoms with E-state index in [1.807, 2.05) is 0 Å². The number of carboxylic acids is 1. The van der Waals surface area contributed by atoms with Crippen LogP contribution in [0.15, 0.2) is 11.8 Å². The van der Waals surface area contributed by atoms with E-state index < -0.39 is 12.0 Å². The minimum Gasteiger partial charge on any atom is -0.480 e. The number of hydrogen-bond acceptors (Lipinski definition) is 3. The van der Waals surface area contributed by atoms with Crippen molar-refractivity contribution in [3.05, 3.63) is 11.8 Å². The Bertz CT molecular complexity index is 220. The predicted octanol–water partition coefficient (Wildman–Crippen LogP) is 0.542. The fourth-order valence-corrected chi connectivity index (χ4v) is 0.750. The lowest BCUT2D eigenvalue weighted by molar-refractivity contribution is -0.138. The maximum atomic E-state index is 10.5. The molecule has 4 heteroatoms. The van der Waals surface area contributed by atoms with Gasteiger partial charge in [0.25, 0.3) is 0 Å². The first-order valence-electron chi connectivity index (χ1n) is 3.61. The Hall–Kier alpha value is -1.32. The summed E-state index contributed by atoms with van der Waals surface area (Å²) >= 11 is 0. The average Bonchev–Trinajstić information content (AvgIpc) is 1.84. The molecule has 0 aliphatic heterocycles. The van der Waals surface area contributed by atoms with Gasteiger partial charge in [-0.05, 0) is 26.8 Å². The van der Waals surface area contributed by atoms with Crippen molar-refractivity contribution in [2.75, 3.05) is 0 Å². The maximum Gasteiger partial charge on any atom is 0.325 e. The number of rotatable bonds is 4. The van der Waals surface area contributed by atoms with Crippen LogP contribution >= 0.6 is 0 Å². The van der Waals surface area contributed by atoms with Crippen molar-refractivity contribution in [3.63, 3.8) is 0 Å². The molecule has 2 N–H and O–H groups in total. The molecule has 68 valence electrons. The fourth-order valence-electron chi connectivity index (χ4n) is 0.750. The number of carboxylic acid groups (broad SMARTS) is 1. The number of hydrogen-bond donors (Lipinski definition) is 2. The summed E-state index contributed by atoms with van der Waals surface area (Å²) in [4.78, 5) is 20.9. The number of carbonyl (C=O) groups excluding carboxylic acids is 1. The Balaban J connectivity index is 4.09. The monoisotopic (exact) mass is 171 g/mol. The van der Waals surface area contributed by atoms with Crippen molar-refractivity contribution < 1.29 is 14.7 Å². The van der Waals surface area contributed by atoms with E-state index in [1.165, 1.54) is 19.9 Å². The molecule has 0 aliphatic carbocycles. The van der Waals surface area contributed by atoms with Gasteiger partial charge in [0, 0.05) is 5.70 Å². The zero-order chi connectivity index (χ0) is 9.72. The molecule has 0 saturated carbocycles. The Kier molecular flexibility index (Phi) is 4.04. The summed E-state index contributed by atoms with van der Waals surface area (Å²) in [5.41, 5.74) is 0.567. The van der Waals surface area contributed by atoms with Gasteiger partial charge in [-0.15, -0.1) is 0 Å². The van der Waals surface area contributed by atoms with Gasteiger partial charge < -0.3 is 10.4 Å². The zero-order valence-electron chi connectivity index (χ0n) is 7.42. The van der Waals surface area contributed by atoms with E-state index in [9.17, 15) is 9.59 Å². The fraction of sp³-hybridized carbons (Fsp3) is 0.500. The lowest BCUT2D eigenvalue weighted by Crippen LogP contribution is -2.32. The molecule has 0 aliphatic rings. The molecule has 0 aromatic rings. The Morgan fingerprint density at radius 2 is 1.92 bits per heavy atom. The molecule has 0 fully saturated rings. The van der Waals surface area contributed by atoms with Gasteiger partial charge in [-0.25, -0.2) is 0 Å². The van der Waals surface area contributed by atoms with Crippen molar-refractivity contribution >= 4 is 11.8 Å². The second kappa shape index (κ2) is 4.54. The highest BCUT2D eigenvalue weighted by atomic mass is 16.4. The van der Waals surface area contributed by atoms with Crippen LogP contribution in [-0.2, 0) is 9.59 Å². The summed E-state index contributed by atoms with van der Waals surface area (Å²) in [5, 5.41) is 11.1. The van der Waals surface area contributed by atoms with Crippen LogP contribution in [0.25, 0.3) is 0 Å². The highest BCUT2D eigenvalue weighted by molar-refractivity contribution is 5.87. The molecule has 0 rings (SSSR count). The third kappa shape index (κ3) is 4.49. The molecular formula is C8H13NO3. The number of allylic oxidation sites excluding steroid dienone is 2. The summed E-state index contributed by atoms with van der Waals surface area (Å²) in [5.74, 6) is -1.04. The number of aliphatic carboxylic acids is 1. The number of nitrogens with one attached hydrogen (secondary N) is 1. The highest BCUT2D eigenvalue weighted by Gasteiger charge is 2.09. The minimum atomic E-state index is -0.939. The first-order chi connectivity index (χ1) is 5.43. The van der Waals surface area contributed by atoms with Crippen molar-refractivity contribution in [1.82, 2.24) is 5.32 Å². The molecule has 0 radical (unpaired) electrons. The highest BCUT2D eigenvalue weighted by Crippen LogP contribution is 1.91. The largest absolute Gasteiger partial charge is 0.480 e. The van der Waals surface area contributed by atoms with E-state index in [-0.39, 0.29) is 5.78 Å². The first-order valence-corrected chi connectivity index (χ1v) is 3.61. The number of ketones is 1. The van der Waals surface area contributed by atoms with Crippen LogP contribution in [0.3, 0.4) is 0 Å². The van der Waals surface area contributed by atoms with Gasteiger partial charge in [-0.1, -0.05) is 0 Å². The van der Waals surface area contributed by atoms with Gasteiger partial charge in [-0.2, -0.15) is 0 Å². The minimum absolute atomic E-state index is 0.0995. The van der Waals surface area contributed by atoms with Crippen molar-refractivity contribution in [2.24, 2.45) is 0 Å². The zero-order valence-corrected chi connectivity index (χ0v) is 7.42. The molecule has 0 amide bonds. The molecule has 12 heavy (non-hydrogen) atoms. The van der Waals surface area contributed by atoms with E-state index in [2.05, 4.69) is 5.32 Å². The summed E-state index contributed by atoms with van der Waals surface area (Å²) in [6.45, 7) is 4.58. The van der Waals surface area contributed by atoms with Crippen LogP contribution in [-0.4, -0.2) is 22.9 Å². The molecule has 0 aromatic heterocycles. The van der Waals surface area contributed by atoms with Crippen molar-refractivity contribution in [1.29, 1.82) is 0 Å². The molecule has 0 aromatic carbocycles. The van der Waals surface area contributed by atoms with Gasteiger partial charge in [0.05, 0.1) is 0 Å². The molecule has 0 saturated heterocycles. The van der Waals surface area contributed by atoms with E-state index >= 15 is 0 Å². The van der Waals surface area contributed by atoms with Crippen LogP contribution < -0.4 is 5.32 Å². The Morgan fingerprint density at radius 1 is 1.42 bits per heavy atom. The maximum absolute atomic E-state index is 10.5. The van der Waals surface area contributed by atoms with E-state index in [4.69, 9.17) is 5.11 Å². The summed E-state index contributed by atoms with van der Waals surface area (Å²) in [6, 6.07) is -0.666. The average molecular weight is 171 g/mol. The van der Waals surface area contributed by atoms with Gasteiger partial charge in [-0.3, -0.25) is 9.59 Å². The summed E-state index contributed by atoms with van der Waals surface area (Å²) in [7, 11) is 0. The van der Waals surface area contributed by atoms with Crippen LogP contribution in [0.2, 0.25) is 0 Å². The van der Waals surface area contributed by atoms with Gasteiger partial charge in [0.2, 0.25) is 0 Å². The second-order valence-corrected chi connectivity index (χ2v) is 2.64. The SMILES string of the molecule is CC(=O)/C=C(/C)N[C@H](C)C(=O)O. The Labute approximate surface area is 71.3 Å². The predicted molar refractivity (Wildman–Crippen MR) is 44.7 cm³/mol. The normalized spacial score (nSPS) is 13.8. The smallest absolute Gasteiger partial charge is 0.325 e. The molecule has 0 spiro atoms. The van der Waals surface area contributed by atoms with E-state index in [1.54, 1.807) is 6.92 Å². The van der Waals surface area contributed by atoms with Gasteiger partial charge in [0.15, 0.2) is 5.78 Å². The molecule has 1 atom stereocenters. The van der Waals surface area contributed by atoms with E-state index in [0.717, 1.165) is 0 Å². The van der Waals surface area contributed by atoms with Crippen LogP contribution in [0, 0.1) is 0 Å². The third-order valence-corrected chi connectivity index (χ3v) is 1.23. The summed E-state index contributed by atoms with van der Waals surface area (Å²) in [6.07, 6.45) is 1.36. The third-order valence-electron chi connectivity index (χ3n) is 1.23.